The van der Waals surface area contributed by atoms with Crippen molar-refractivity contribution < 1.29 is 0 Å². The summed E-state index contributed by atoms with van der Waals surface area (Å²) in [7, 11) is 0. The predicted octanol–water partition coefficient (Wildman–Crippen LogP) is 9.51. The Morgan fingerprint density at radius 3 is 1.57 bits per heavy atom. The summed E-state index contributed by atoms with van der Waals surface area (Å²) in [5.41, 5.74) is 12.2. The van der Waals surface area contributed by atoms with Gasteiger partial charge >= 0.3 is 0 Å². The van der Waals surface area contributed by atoms with Gasteiger partial charge in [0.2, 0.25) is 6.71 Å². The molecule has 0 aliphatic carbocycles. The van der Waals surface area contributed by atoms with Gasteiger partial charge < -0.3 is 4.90 Å². The lowest BCUT2D eigenvalue weighted by molar-refractivity contribution is 0.812. The minimum absolute atomic E-state index is 0.168. The lowest BCUT2D eigenvalue weighted by Crippen LogP contribution is -2.57. The molecule has 0 radical (unpaired) electrons. The molecule has 0 saturated heterocycles. The highest BCUT2D eigenvalue weighted by atomic mass is 32.2. The van der Waals surface area contributed by atoms with Crippen LogP contribution in [-0.2, 0) is 0 Å². The molecule has 1 aliphatic rings. The molecule has 0 unspecified atom stereocenters. The van der Waals surface area contributed by atoms with Crippen molar-refractivity contribution in [3.8, 4) is 0 Å². The van der Waals surface area contributed by atoms with E-state index in [4.69, 9.17) is 0 Å². The van der Waals surface area contributed by atoms with Gasteiger partial charge in [0.25, 0.3) is 0 Å². The minimum atomic E-state index is 0.168. The average Bonchev–Trinajstić information content (AvgIpc) is 3.00. The zero-order valence-electron chi connectivity index (χ0n) is 25.6. The number of rotatable bonds is 7. The van der Waals surface area contributed by atoms with E-state index in [0.29, 0.717) is 17.8 Å². The van der Waals surface area contributed by atoms with Crippen LogP contribution >= 0.6 is 11.8 Å². The summed E-state index contributed by atoms with van der Waals surface area (Å²) < 4.78 is 0. The first kappa shape index (κ1) is 28.4. The number of hydrogen-bond donors (Lipinski definition) is 0. The SMILES string of the molecule is CC(C)c1cc(C(C)C)c(B2c3ccccc3Sc3ccc(N(c4ccccc4)c4ccccc4)cc32)c(C(C)C)c1. The van der Waals surface area contributed by atoms with E-state index >= 15 is 0 Å². The maximum atomic E-state index is 2.50. The zero-order valence-corrected chi connectivity index (χ0v) is 26.5. The van der Waals surface area contributed by atoms with E-state index in [1.54, 1.807) is 0 Å². The van der Waals surface area contributed by atoms with Gasteiger partial charge in [-0.05, 0) is 83.0 Å². The van der Waals surface area contributed by atoms with Gasteiger partial charge in [0, 0.05) is 26.9 Å². The highest BCUT2D eigenvalue weighted by Gasteiger charge is 2.36. The molecular formula is C39H40BNS. The molecular weight excluding hydrogens is 525 g/mol. The third kappa shape index (κ3) is 5.31. The first-order valence-electron chi connectivity index (χ1n) is 15.3. The van der Waals surface area contributed by atoms with Crippen molar-refractivity contribution in [3.05, 3.63) is 132 Å². The maximum absolute atomic E-state index is 2.50. The molecule has 42 heavy (non-hydrogen) atoms. The number of para-hydroxylation sites is 2. The topological polar surface area (TPSA) is 3.24 Å². The van der Waals surface area contributed by atoms with Crippen molar-refractivity contribution >= 4 is 51.9 Å². The monoisotopic (exact) mass is 565 g/mol. The molecule has 0 N–H and O–H groups in total. The number of hydrogen-bond acceptors (Lipinski definition) is 2. The van der Waals surface area contributed by atoms with Crippen LogP contribution < -0.4 is 21.3 Å². The van der Waals surface area contributed by atoms with E-state index < -0.39 is 0 Å². The van der Waals surface area contributed by atoms with Crippen LogP contribution in [0.2, 0.25) is 0 Å². The summed E-state index contributed by atoms with van der Waals surface area (Å²) in [6.45, 7) is 14.3. The molecule has 6 rings (SSSR count). The molecule has 0 bridgehead atoms. The van der Waals surface area contributed by atoms with Gasteiger partial charge in [-0.2, -0.15) is 0 Å². The second kappa shape index (κ2) is 11.9. The summed E-state index contributed by atoms with van der Waals surface area (Å²) in [5.74, 6) is 1.34. The van der Waals surface area contributed by atoms with Gasteiger partial charge in [0.1, 0.15) is 0 Å². The van der Waals surface area contributed by atoms with Crippen LogP contribution in [0.15, 0.2) is 125 Å². The van der Waals surface area contributed by atoms with E-state index in [1.807, 2.05) is 11.8 Å². The van der Waals surface area contributed by atoms with Crippen LogP contribution in [0.3, 0.4) is 0 Å². The van der Waals surface area contributed by atoms with Crippen molar-refractivity contribution in [3.63, 3.8) is 0 Å². The van der Waals surface area contributed by atoms with Crippen molar-refractivity contribution in [1.82, 2.24) is 0 Å². The van der Waals surface area contributed by atoms with E-state index in [9.17, 15) is 0 Å². The Balaban J connectivity index is 1.63. The Morgan fingerprint density at radius 1 is 0.500 bits per heavy atom. The maximum Gasteiger partial charge on any atom is 0.244 e. The van der Waals surface area contributed by atoms with Crippen molar-refractivity contribution in [2.45, 2.75) is 69.1 Å². The quantitative estimate of drug-likeness (QED) is 0.177. The smallest absolute Gasteiger partial charge is 0.244 e. The van der Waals surface area contributed by atoms with Crippen molar-refractivity contribution in [2.24, 2.45) is 0 Å². The molecule has 0 spiro atoms. The van der Waals surface area contributed by atoms with E-state index in [2.05, 4.69) is 162 Å². The van der Waals surface area contributed by atoms with Crippen LogP contribution in [-0.4, -0.2) is 6.71 Å². The molecule has 1 aliphatic heterocycles. The van der Waals surface area contributed by atoms with Crippen molar-refractivity contribution in [1.29, 1.82) is 0 Å². The Labute approximate surface area is 257 Å². The van der Waals surface area contributed by atoms with Gasteiger partial charge in [-0.25, -0.2) is 0 Å². The highest BCUT2D eigenvalue weighted by Crippen LogP contribution is 2.38. The predicted molar refractivity (Wildman–Crippen MR) is 185 cm³/mol. The first-order chi connectivity index (χ1) is 20.3. The molecule has 0 saturated carbocycles. The van der Waals surface area contributed by atoms with E-state index in [1.165, 1.54) is 48.6 Å². The van der Waals surface area contributed by atoms with Crippen LogP contribution in [0, 0.1) is 0 Å². The molecule has 5 aromatic carbocycles. The van der Waals surface area contributed by atoms with E-state index in [0.717, 1.165) is 11.4 Å². The summed E-state index contributed by atoms with van der Waals surface area (Å²) in [6, 6.07) is 42.7. The third-order valence-corrected chi connectivity index (χ3v) is 9.69. The highest BCUT2D eigenvalue weighted by molar-refractivity contribution is 8.00. The Hall–Kier alpha value is -3.69. The summed E-state index contributed by atoms with van der Waals surface area (Å²) in [5, 5.41) is 0. The summed E-state index contributed by atoms with van der Waals surface area (Å²) >= 11 is 1.91. The lowest BCUT2D eigenvalue weighted by atomic mass is 9.34. The molecule has 3 heteroatoms. The Bertz CT molecular complexity index is 1620. The molecule has 0 atom stereocenters. The first-order valence-corrected chi connectivity index (χ1v) is 16.1. The van der Waals surface area contributed by atoms with Crippen LogP contribution in [0.4, 0.5) is 17.1 Å². The fourth-order valence-electron chi connectivity index (χ4n) is 6.35. The van der Waals surface area contributed by atoms with Crippen LogP contribution in [0.25, 0.3) is 0 Å². The second-order valence-electron chi connectivity index (χ2n) is 12.4. The zero-order chi connectivity index (χ0) is 29.4. The van der Waals surface area contributed by atoms with Crippen LogP contribution in [0.5, 0.6) is 0 Å². The van der Waals surface area contributed by atoms with Crippen molar-refractivity contribution in [2.75, 3.05) is 4.90 Å². The normalized spacial score (nSPS) is 12.5. The third-order valence-electron chi connectivity index (χ3n) is 8.51. The molecule has 1 nitrogen and oxygen atoms in total. The number of benzene rings is 5. The van der Waals surface area contributed by atoms with Crippen LogP contribution in [0.1, 0.15) is 76.0 Å². The summed E-state index contributed by atoms with van der Waals surface area (Å²) in [4.78, 5) is 5.10. The fourth-order valence-corrected chi connectivity index (χ4v) is 7.47. The number of fused-ring (bicyclic) bond motifs is 2. The van der Waals surface area contributed by atoms with Gasteiger partial charge in [-0.3, -0.25) is 0 Å². The van der Waals surface area contributed by atoms with E-state index in [-0.39, 0.29) is 6.71 Å². The molecule has 0 amide bonds. The van der Waals surface area contributed by atoms with Gasteiger partial charge in [0.05, 0.1) is 0 Å². The average molecular weight is 566 g/mol. The lowest BCUT2D eigenvalue weighted by Gasteiger charge is -2.33. The fraction of sp³-hybridized carbons (Fsp3) is 0.231. The Morgan fingerprint density at radius 2 is 1.02 bits per heavy atom. The summed E-state index contributed by atoms with van der Waals surface area (Å²) in [6.07, 6.45) is 0. The van der Waals surface area contributed by atoms with Gasteiger partial charge in [-0.1, -0.05) is 136 Å². The largest absolute Gasteiger partial charge is 0.311 e. The van der Waals surface area contributed by atoms with Gasteiger partial charge in [-0.15, -0.1) is 0 Å². The minimum Gasteiger partial charge on any atom is -0.311 e. The second-order valence-corrected chi connectivity index (χ2v) is 13.5. The van der Waals surface area contributed by atoms with Gasteiger partial charge in [0.15, 0.2) is 0 Å². The standard InChI is InChI=1S/C39H40BNS/c1-26(2)29-23-33(27(3)4)39(34(24-29)28(5)6)40-35-19-13-14-20-37(35)42-38-22-21-32(25-36(38)40)41(30-15-9-7-10-16-30)31-17-11-8-12-18-31/h7-28H,1-6H3. The molecule has 210 valence electrons. The molecule has 5 aromatic rings. The number of anilines is 3. The Kier molecular flexibility index (Phi) is 8.05. The number of nitrogens with zero attached hydrogens (tertiary/aromatic N) is 1. The molecule has 0 aromatic heterocycles. The molecule has 1 heterocycles. The molecule has 0 fully saturated rings.